The van der Waals surface area contributed by atoms with Gasteiger partial charge < -0.3 is 10.1 Å². The third-order valence-electron chi connectivity index (χ3n) is 3.80. The van der Waals surface area contributed by atoms with Crippen LogP contribution >= 0.6 is 11.6 Å². The lowest BCUT2D eigenvalue weighted by Crippen LogP contribution is -2.35. The Morgan fingerprint density at radius 1 is 1.04 bits per heavy atom. The molecule has 0 aliphatic heterocycles. The lowest BCUT2D eigenvalue weighted by molar-refractivity contribution is -0.127. The molecule has 0 radical (unpaired) electrons. The van der Waals surface area contributed by atoms with Crippen molar-refractivity contribution in [3.05, 3.63) is 77.3 Å². The second-order valence-electron chi connectivity index (χ2n) is 5.58. The van der Waals surface area contributed by atoms with Gasteiger partial charge in [0.1, 0.15) is 5.75 Å². The number of halogens is 1. The molecule has 0 saturated heterocycles. The molecule has 0 fully saturated rings. The van der Waals surface area contributed by atoms with Crippen LogP contribution in [0, 0.1) is 0 Å². The van der Waals surface area contributed by atoms with Crippen LogP contribution in [0.2, 0.25) is 5.02 Å². The summed E-state index contributed by atoms with van der Waals surface area (Å²) in [5.41, 5.74) is 0.991. The maximum absolute atomic E-state index is 12.3. The molecule has 0 unspecified atom stereocenters. The number of rotatable bonds is 5. The van der Waals surface area contributed by atoms with E-state index >= 15 is 0 Å². The summed E-state index contributed by atoms with van der Waals surface area (Å²) < 4.78 is 5.86. The Morgan fingerprint density at radius 2 is 1.75 bits per heavy atom. The molecule has 0 aliphatic carbocycles. The van der Waals surface area contributed by atoms with Crippen molar-refractivity contribution in [3.8, 4) is 5.75 Å². The van der Waals surface area contributed by atoms with E-state index in [0.717, 1.165) is 16.3 Å². The zero-order valence-electron chi connectivity index (χ0n) is 13.3. The van der Waals surface area contributed by atoms with Crippen LogP contribution in [0.4, 0.5) is 0 Å². The number of hydrogen-bond donors (Lipinski definition) is 1. The Kier molecular flexibility index (Phi) is 5.02. The average molecular weight is 340 g/mol. The average Bonchev–Trinajstić information content (AvgIpc) is 2.61. The summed E-state index contributed by atoms with van der Waals surface area (Å²) in [6.07, 6.45) is -0.580. The van der Waals surface area contributed by atoms with Crippen molar-refractivity contribution in [1.29, 1.82) is 0 Å². The van der Waals surface area contributed by atoms with Crippen LogP contribution in [0.5, 0.6) is 5.75 Å². The van der Waals surface area contributed by atoms with Gasteiger partial charge in [-0.2, -0.15) is 0 Å². The highest BCUT2D eigenvalue weighted by Crippen LogP contribution is 2.26. The number of fused-ring (bicyclic) bond motifs is 1. The molecule has 3 rings (SSSR count). The Labute approximate surface area is 146 Å². The molecule has 3 aromatic carbocycles. The molecule has 1 amide bonds. The minimum absolute atomic E-state index is 0.155. The molecule has 1 N–H and O–H groups in total. The number of carbonyl (C=O) groups is 1. The van der Waals surface area contributed by atoms with Gasteiger partial charge in [0.05, 0.1) is 0 Å². The molecule has 0 heterocycles. The van der Waals surface area contributed by atoms with Gasteiger partial charge >= 0.3 is 0 Å². The Balaban J connectivity index is 1.64. The molecule has 0 bridgehead atoms. The van der Waals surface area contributed by atoms with Crippen LogP contribution in [0.1, 0.15) is 12.5 Å². The van der Waals surface area contributed by atoms with E-state index in [9.17, 15) is 4.79 Å². The lowest BCUT2D eigenvalue weighted by atomic mass is 10.1. The van der Waals surface area contributed by atoms with Gasteiger partial charge in [0.25, 0.3) is 5.91 Å². The molecule has 3 aromatic rings. The first-order valence-corrected chi connectivity index (χ1v) is 8.18. The van der Waals surface area contributed by atoms with Gasteiger partial charge in [-0.1, -0.05) is 60.1 Å². The first-order valence-electron chi connectivity index (χ1n) is 7.80. The molecule has 24 heavy (non-hydrogen) atoms. The minimum atomic E-state index is -0.580. The number of ether oxygens (including phenoxy) is 1. The van der Waals surface area contributed by atoms with E-state index in [0.29, 0.717) is 17.3 Å². The van der Waals surface area contributed by atoms with Crippen LogP contribution in [-0.2, 0) is 11.3 Å². The van der Waals surface area contributed by atoms with Gasteiger partial charge in [0.15, 0.2) is 6.10 Å². The van der Waals surface area contributed by atoms with Gasteiger partial charge in [-0.25, -0.2) is 0 Å². The molecular weight excluding hydrogens is 322 g/mol. The zero-order chi connectivity index (χ0) is 16.9. The van der Waals surface area contributed by atoms with Crippen LogP contribution in [0.15, 0.2) is 66.7 Å². The normalized spacial score (nSPS) is 11.9. The van der Waals surface area contributed by atoms with Crippen molar-refractivity contribution in [1.82, 2.24) is 5.32 Å². The number of hydrogen-bond acceptors (Lipinski definition) is 2. The van der Waals surface area contributed by atoms with Crippen LogP contribution < -0.4 is 10.1 Å². The van der Waals surface area contributed by atoms with Gasteiger partial charge in [0, 0.05) is 17.0 Å². The van der Waals surface area contributed by atoms with E-state index in [4.69, 9.17) is 16.3 Å². The SMILES string of the molecule is C[C@@H](Oc1cccc2ccccc12)C(=O)NCc1ccc(Cl)cc1. The Hall–Kier alpha value is -2.52. The van der Waals surface area contributed by atoms with Crippen molar-refractivity contribution in [3.63, 3.8) is 0 Å². The van der Waals surface area contributed by atoms with Gasteiger partial charge in [0.2, 0.25) is 0 Å². The molecule has 3 nitrogen and oxygen atoms in total. The standard InChI is InChI=1S/C20H18ClNO2/c1-14(20(23)22-13-15-9-11-17(21)12-10-15)24-19-8-4-6-16-5-2-3-7-18(16)19/h2-12,14H,13H2,1H3,(H,22,23)/t14-/m1/s1. The van der Waals surface area contributed by atoms with Crippen molar-refractivity contribution in [2.24, 2.45) is 0 Å². The maximum atomic E-state index is 12.3. The highest BCUT2D eigenvalue weighted by molar-refractivity contribution is 6.30. The minimum Gasteiger partial charge on any atom is -0.480 e. The first-order chi connectivity index (χ1) is 11.6. The summed E-state index contributed by atoms with van der Waals surface area (Å²) in [6, 6.07) is 21.2. The summed E-state index contributed by atoms with van der Waals surface area (Å²) in [5, 5.41) is 5.64. The monoisotopic (exact) mass is 339 g/mol. The summed E-state index contributed by atoms with van der Waals surface area (Å²) in [4.78, 5) is 12.3. The fourth-order valence-corrected chi connectivity index (χ4v) is 2.60. The summed E-state index contributed by atoms with van der Waals surface area (Å²) >= 11 is 5.86. The van der Waals surface area contributed by atoms with E-state index in [2.05, 4.69) is 5.32 Å². The van der Waals surface area contributed by atoms with E-state index in [-0.39, 0.29) is 5.91 Å². The third-order valence-corrected chi connectivity index (χ3v) is 4.05. The van der Waals surface area contributed by atoms with Crippen molar-refractivity contribution < 1.29 is 9.53 Å². The van der Waals surface area contributed by atoms with Crippen molar-refractivity contribution in [2.45, 2.75) is 19.6 Å². The lowest BCUT2D eigenvalue weighted by Gasteiger charge is -2.16. The summed E-state index contributed by atoms with van der Waals surface area (Å²) in [5.74, 6) is 0.556. The van der Waals surface area contributed by atoms with E-state index < -0.39 is 6.10 Å². The second kappa shape index (κ2) is 7.37. The summed E-state index contributed by atoms with van der Waals surface area (Å²) in [6.45, 7) is 2.19. The molecular formula is C20H18ClNO2. The highest BCUT2D eigenvalue weighted by Gasteiger charge is 2.15. The molecule has 0 aromatic heterocycles. The number of nitrogens with one attached hydrogen (secondary N) is 1. The number of benzene rings is 3. The van der Waals surface area contributed by atoms with Gasteiger partial charge in [-0.3, -0.25) is 4.79 Å². The Morgan fingerprint density at radius 3 is 2.54 bits per heavy atom. The van der Waals surface area contributed by atoms with Gasteiger partial charge in [-0.05, 0) is 36.1 Å². The molecule has 0 saturated carbocycles. The smallest absolute Gasteiger partial charge is 0.261 e. The third kappa shape index (κ3) is 3.87. The fraction of sp³-hybridized carbons (Fsp3) is 0.150. The molecule has 1 atom stereocenters. The van der Waals surface area contributed by atoms with E-state index in [1.807, 2.05) is 54.6 Å². The maximum Gasteiger partial charge on any atom is 0.261 e. The highest BCUT2D eigenvalue weighted by atomic mass is 35.5. The zero-order valence-corrected chi connectivity index (χ0v) is 14.1. The first kappa shape index (κ1) is 16.3. The predicted molar refractivity (Wildman–Crippen MR) is 97.3 cm³/mol. The predicted octanol–water partition coefficient (Wildman–Crippen LogP) is 4.58. The van der Waals surface area contributed by atoms with E-state index in [1.165, 1.54) is 0 Å². The topological polar surface area (TPSA) is 38.3 Å². The molecule has 0 aliphatic rings. The molecule has 122 valence electrons. The van der Waals surface area contributed by atoms with Crippen molar-refractivity contribution >= 4 is 28.3 Å². The second-order valence-corrected chi connectivity index (χ2v) is 6.02. The number of amides is 1. The quantitative estimate of drug-likeness (QED) is 0.739. The van der Waals surface area contributed by atoms with Crippen molar-refractivity contribution in [2.75, 3.05) is 0 Å². The van der Waals surface area contributed by atoms with Crippen LogP contribution in [-0.4, -0.2) is 12.0 Å². The van der Waals surface area contributed by atoms with Crippen LogP contribution in [0.25, 0.3) is 10.8 Å². The molecule has 4 heteroatoms. The fourth-order valence-electron chi connectivity index (χ4n) is 2.48. The molecule has 0 spiro atoms. The van der Waals surface area contributed by atoms with E-state index in [1.54, 1.807) is 19.1 Å². The number of carbonyl (C=O) groups excluding carboxylic acids is 1. The Bertz CT molecular complexity index is 840. The summed E-state index contributed by atoms with van der Waals surface area (Å²) in [7, 11) is 0. The van der Waals surface area contributed by atoms with Gasteiger partial charge in [-0.15, -0.1) is 0 Å². The van der Waals surface area contributed by atoms with Crippen LogP contribution in [0.3, 0.4) is 0 Å². The largest absolute Gasteiger partial charge is 0.480 e.